The molecule has 2 aromatic carbocycles. The number of anilines is 1. The summed E-state index contributed by atoms with van der Waals surface area (Å²) in [6.07, 6.45) is 1.81. The fraction of sp³-hybridized carbons (Fsp3) is 0.133. The molecule has 0 saturated carbocycles. The van der Waals surface area contributed by atoms with Crippen molar-refractivity contribution in [2.75, 3.05) is 5.32 Å². The van der Waals surface area contributed by atoms with Crippen LogP contribution in [-0.2, 0) is 0 Å². The van der Waals surface area contributed by atoms with Crippen LogP contribution in [0.4, 0.5) is 5.69 Å². The molecule has 1 unspecified atom stereocenters. The maximum absolute atomic E-state index is 11.2. The van der Waals surface area contributed by atoms with Crippen molar-refractivity contribution in [2.45, 2.75) is 13.0 Å². The molecule has 0 saturated heterocycles. The first kappa shape index (κ1) is 12.2. The minimum atomic E-state index is -0.908. The summed E-state index contributed by atoms with van der Waals surface area (Å²) >= 11 is 0. The van der Waals surface area contributed by atoms with Crippen LogP contribution in [0.25, 0.3) is 10.8 Å². The summed E-state index contributed by atoms with van der Waals surface area (Å²) in [5, 5.41) is 14.1. The van der Waals surface area contributed by atoms with E-state index >= 15 is 0 Å². The normalized spacial score (nSPS) is 12.1. The average Bonchev–Trinajstić information content (AvgIpc) is 2.38. The number of nitrogens with one attached hydrogen (secondary N) is 1. The first-order valence-corrected chi connectivity index (χ1v) is 5.77. The average molecular weight is 241 g/mol. The standard InChI is InChI=1S/C15H15NO2/c1-3-10(2)16-14-9-8-13(15(17)18)11-6-4-5-7-12(11)14/h3-10,16H,1H2,2H3,(H,17,18). The van der Waals surface area contributed by atoms with Gasteiger partial charge in [-0.25, -0.2) is 4.79 Å². The number of carboxylic acids is 1. The third-order valence-electron chi connectivity index (χ3n) is 2.89. The largest absolute Gasteiger partial charge is 0.478 e. The van der Waals surface area contributed by atoms with Crippen LogP contribution >= 0.6 is 0 Å². The van der Waals surface area contributed by atoms with Crippen molar-refractivity contribution >= 4 is 22.4 Å². The van der Waals surface area contributed by atoms with Gasteiger partial charge < -0.3 is 10.4 Å². The second kappa shape index (κ2) is 4.92. The molecule has 18 heavy (non-hydrogen) atoms. The SMILES string of the molecule is C=CC(C)Nc1ccc(C(=O)O)c2ccccc12. The van der Waals surface area contributed by atoms with Gasteiger partial charge in [-0.05, 0) is 24.4 Å². The minimum Gasteiger partial charge on any atom is -0.478 e. The molecule has 0 aromatic heterocycles. The van der Waals surface area contributed by atoms with Crippen molar-refractivity contribution in [3.8, 4) is 0 Å². The fourth-order valence-electron chi connectivity index (χ4n) is 1.92. The van der Waals surface area contributed by atoms with Gasteiger partial charge in [0.25, 0.3) is 0 Å². The molecule has 0 aliphatic heterocycles. The molecule has 2 aromatic rings. The van der Waals surface area contributed by atoms with Crippen LogP contribution in [0.15, 0.2) is 49.1 Å². The first-order valence-electron chi connectivity index (χ1n) is 5.77. The van der Waals surface area contributed by atoms with E-state index < -0.39 is 5.97 Å². The van der Waals surface area contributed by atoms with Gasteiger partial charge in [-0.2, -0.15) is 0 Å². The zero-order valence-electron chi connectivity index (χ0n) is 10.2. The van der Waals surface area contributed by atoms with Crippen LogP contribution in [-0.4, -0.2) is 17.1 Å². The molecule has 0 aliphatic rings. The van der Waals surface area contributed by atoms with Gasteiger partial charge in [-0.15, -0.1) is 6.58 Å². The van der Waals surface area contributed by atoms with Crippen LogP contribution in [0.2, 0.25) is 0 Å². The Bertz CT molecular complexity index is 604. The van der Waals surface area contributed by atoms with E-state index in [2.05, 4.69) is 11.9 Å². The summed E-state index contributed by atoms with van der Waals surface area (Å²) in [5.74, 6) is -0.908. The highest BCUT2D eigenvalue weighted by Crippen LogP contribution is 2.27. The number of hydrogen-bond donors (Lipinski definition) is 2. The highest BCUT2D eigenvalue weighted by atomic mass is 16.4. The highest BCUT2D eigenvalue weighted by molar-refractivity contribution is 6.07. The number of hydrogen-bond acceptors (Lipinski definition) is 2. The lowest BCUT2D eigenvalue weighted by Crippen LogP contribution is -2.12. The van der Waals surface area contributed by atoms with Crippen molar-refractivity contribution in [3.05, 3.63) is 54.6 Å². The summed E-state index contributed by atoms with van der Waals surface area (Å²) < 4.78 is 0. The first-order chi connectivity index (χ1) is 8.63. The van der Waals surface area contributed by atoms with Gasteiger partial charge in [0, 0.05) is 17.1 Å². The van der Waals surface area contributed by atoms with Crippen LogP contribution in [0.3, 0.4) is 0 Å². The molecule has 1 atom stereocenters. The van der Waals surface area contributed by atoms with E-state index in [0.29, 0.717) is 5.56 Å². The molecule has 0 fully saturated rings. The molecular formula is C15H15NO2. The van der Waals surface area contributed by atoms with E-state index in [-0.39, 0.29) is 6.04 Å². The van der Waals surface area contributed by atoms with Gasteiger partial charge in [-0.1, -0.05) is 30.3 Å². The molecule has 0 spiro atoms. The summed E-state index contributed by atoms with van der Waals surface area (Å²) in [6, 6.07) is 11.0. The zero-order chi connectivity index (χ0) is 13.1. The summed E-state index contributed by atoms with van der Waals surface area (Å²) in [7, 11) is 0. The summed E-state index contributed by atoms with van der Waals surface area (Å²) in [4.78, 5) is 11.2. The molecule has 0 amide bonds. The Hall–Kier alpha value is -2.29. The van der Waals surface area contributed by atoms with Crippen molar-refractivity contribution in [2.24, 2.45) is 0 Å². The van der Waals surface area contributed by atoms with Crippen molar-refractivity contribution in [1.29, 1.82) is 0 Å². The Morgan fingerprint density at radius 1 is 1.28 bits per heavy atom. The van der Waals surface area contributed by atoms with Gasteiger partial charge in [0.2, 0.25) is 0 Å². The van der Waals surface area contributed by atoms with Gasteiger partial charge in [-0.3, -0.25) is 0 Å². The Morgan fingerprint density at radius 3 is 2.56 bits per heavy atom. The lowest BCUT2D eigenvalue weighted by Gasteiger charge is -2.14. The molecule has 0 aliphatic carbocycles. The fourth-order valence-corrected chi connectivity index (χ4v) is 1.92. The second-order valence-corrected chi connectivity index (χ2v) is 4.18. The van der Waals surface area contributed by atoms with E-state index in [4.69, 9.17) is 5.11 Å². The molecule has 0 radical (unpaired) electrons. The van der Waals surface area contributed by atoms with E-state index in [1.165, 1.54) is 0 Å². The van der Waals surface area contributed by atoms with Crippen LogP contribution in [0.1, 0.15) is 17.3 Å². The lowest BCUT2D eigenvalue weighted by molar-refractivity contribution is 0.0699. The summed E-state index contributed by atoms with van der Waals surface area (Å²) in [6.45, 7) is 5.72. The smallest absolute Gasteiger partial charge is 0.336 e. The molecule has 2 N–H and O–H groups in total. The summed E-state index contributed by atoms with van der Waals surface area (Å²) in [5.41, 5.74) is 1.24. The van der Waals surface area contributed by atoms with Crippen LogP contribution in [0.5, 0.6) is 0 Å². The molecular weight excluding hydrogens is 226 g/mol. The predicted molar refractivity (Wildman–Crippen MR) is 74.2 cm³/mol. The van der Waals surface area contributed by atoms with Crippen molar-refractivity contribution < 1.29 is 9.90 Å². The Morgan fingerprint density at radius 2 is 1.94 bits per heavy atom. The number of fused-ring (bicyclic) bond motifs is 1. The van der Waals surface area contributed by atoms with Crippen LogP contribution in [0, 0.1) is 0 Å². The molecule has 0 heterocycles. The maximum Gasteiger partial charge on any atom is 0.336 e. The number of aromatic carboxylic acids is 1. The third kappa shape index (κ3) is 2.20. The Labute approximate surface area is 106 Å². The van der Waals surface area contributed by atoms with Crippen molar-refractivity contribution in [3.63, 3.8) is 0 Å². The van der Waals surface area contributed by atoms with Crippen molar-refractivity contribution in [1.82, 2.24) is 0 Å². The van der Waals surface area contributed by atoms with E-state index in [0.717, 1.165) is 16.5 Å². The number of carbonyl (C=O) groups is 1. The highest BCUT2D eigenvalue weighted by Gasteiger charge is 2.11. The molecule has 3 heteroatoms. The molecule has 92 valence electrons. The predicted octanol–water partition coefficient (Wildman–Crippen LogP) is 3.52. The van der Waals surface area contributed by atoms with E-state index in [1.807, 2.05) is 31.2 Å². The quantitative estimate of drug-likeness (QED) is 0.805. The number of benzene rings is 2. The van der Waals surface area contributed by atoms with Gasteiger partial charge >= 0.3 is 5.97 Å². The van der Waals surface area contributed by atoms with Gasteiger partial charge in [0.1, 0.15) is 0 Å². The molecule has 0 bridgehead atoms. The zero-order valence-corrected chi connectivity index (χ0v) is 10.2. The Kier molecular flexibility index (Phi) is 3.33. The monoisotopic (exact) mass is 241 g/mol. The minimum absolute atomic E-state index is 0.129. The van der Waals surface area contributed by atoms with E-state index in [9.17, 15) is 4.79 Å². The maximum atomic E-state index is 11.2. The van der Waals surface area contributed by atoms with Gasteiger partial charge in [0.05, 0.1) is 5.56 Å². The van der Waals surface area contributed by atoms with E-state index in [1.54, 1.807) is 18.2 Å². The lowest BCUT2D eigenvalue weighted by atomic mass is 10.0. The molecule has 2 rings (SSSR count). The number of rotatable bonds is 4. The third-order valence-corrected chi connectivity index (χ3v) is 2.89. The Balaban J connectivity index is 2.60. The topological polar surface area (TPSA) is 49.3 Å². The second-order valence-electron chi connectivity index (χ2n) is 4.18. The van der Waals surface area contributed by atoms with Gasteiger partial charge in [0.15, 0.2) is 0 Å². The number of carboxylic acid groups (broad SMARTS) is 1. The molecule has 3 nitrogen and oxygen atoms in total. The van der Waals surface area contributed by atoms with Crippen LogP contribution < -0.4 is 5.32 Å².